The van der Waals surface area contributed by atoms with E-state index < -0.39 is 5.97 Å². The van der Waals surface area contributed by atoms with E-state index in [1.165, 1.54) is 12.1 Å². The van der Waals surface area contributed by atoms with Crippen molar-refractivity contribution in [3.63, 3.8) is 0 Å². The normalized spacial score (nSPS) is 23.8. The van der Waals surface area contributed by atoms with Crippen LogP contribution in [0.1, 0.15) is 18.4 Å². The van der Waals surface area contributed by atoms with Crippen molar-refractivity contribution in [3.8, 4) is 0 Å². The number of hydrogen-bond donors (Lipinski definition) is 1. The van der Waals surface area contributed by atoms with Gasteiger partial charge in [0, 0.05) is 0 Å². The van der Waals surface area contributed by atoms with Gasteiger partial charge in [-0.3, -0.25) is 4.79 Å². The van der Waals surface area contributed by atoms with Crippen molar-refractivity contribution in [1.82, 2.24) is 0 Å². The van der Waals surface area contributed by atoms with Gasteiger partial charge in [0.1, 0.15) is 5.82 Å². The molecule has 0 spiro atoms. The third kappa shape index (κ3) is 2.58. The molecule has 0 aliphatic heterocycles. The van der Waals surface area contributed by atoms with Gasteiger partial charge in [0.15, 0.2) is 0 Å². The molecule has 1 fully saturated rings. The summed E-state index contributed by atoms with van der Waals surface area (Å²) >= 11 is 0. The second-order valence-corrected chi connectivity index (χ2v) is 4.07. The molecule has 0 saturated heterocycles. The smallest absolute Gasteiger partial charge is 0.306 e. The first kappa shape index (κ1) is 11.1. The highest BCUT2D eigenvalue weighted by atomic mass is 19.1. The van der Waals surface area contributed by atoms with Crippen molar-refractivity contribution >= 4 is 5.97 Å². The molecule has 1 aliphatic carbocycles. The monoisotopic (exact) mass is 224 g/mol. The highest BCUT2D eigenvalue weighted by molar-refractivity contribution is 5.71. The molecular formula is C12H13FO3. The van der Waals surface area contributed by atoms with Crippen molar-refractivity contribution < 1.29 is 19.0 Å². The molecule has 1 aromatic rings. The summed E-state index contributed by atoms with van der Waals surface area (Å²) in [6.45, 7) is 0.342. The molecule has 2 rings (SSSR count). The largest absolute Gasteiger partial charge is 0.481 e. The minimum absolute atomic E-state index is 0.00404. The van der Waals surface area contributed by atoms with E-state index in [4.69, 9.17) is 9.84 Å². The Kier molecular flexibility index (Phi) is 3.19. The van der Waals surface area contributed by atoms with Gasteiger partial charge in [0.05, 0.1) is 18.6 Å². The van der Waals surface area contributed by atoms with Gasteiger partial charge in [0.25, 0.3) is 0 Å². The lowest BCUT2D eigenvalue weighted by atomic mass is 9.82. The van der Waals surface area contributed by atoms with E-state index in [1.54, 1.807) is 12.1 Å². The van der Waals surface area contributed by atoms with Crippen LogP contribution in [-0.4, -0.2) is 17.2 Å². The number of rotatable bonds is 4. The number of carboxylic acids is 1. The lowest BCUT2D eigenvalue weighted by Crippen LogP contribution is -2.36. The fourth-order valence-corrected chi connectivity index (χ4v) is 1.74. The maximum absolute atomic E-state index is 12.8. The molecule has 1 aromatic carbocycles. The number of aliphatic carboxylic acids is 1. The minimum atomic E-state index is -0.759. The number of carboxylic acid groups (broad SMARTS) is 1. The highest BCUT2D eigenvalue weighted by Gasteiger charge is 2.34. The average Bonchev–Trinajstić information content (AvgIpc) is 2.14. The molecule has 0 aromatic heterocycles. The maximum atomic E-state index is 12.8. The van der Waals surface area contributed by atoms with Crippen LogP contribution in [-0.2, 0) is 16.1 Å². The summed E-state index contributed by atoms with van der Waals surface area (Å²) in [6.07, 6.45) is 1.12. The van der Waals surface area contributed by atoms with E-state index in [1.807, 2.05) is 0 Å². The first-order valence-electron chi connectivity index (χ1n) is 5.24. The summed E-state index contributed by atoms with van der Waals surface area (Å²) < 4.78 is 18.3. The fourth-order valence-electron chi connectivity index (χ4n) is 1.74. The molecule has 16 heavy (non-hydrogen) atoms. The summed E-state index contributed by atoms with van der Waals surface area (Å²) in [5.41, 5.74) is 0.777. The summed E-state index contributed by atoms with van der Waals surface area (Å²) in [5, 5.41) is 8.67. The van der Waals surface area contributed by atoms with Gasteiger partial charge in [-0.2, -0.15) is 0 Å². The molecule has 1 saturated carbocycles. The molecule has 3 nitrogen and oxygen atoms in total. The van der Waals surface area contributed by atoms with Crippen molar-refractivity contribution in [1.29, 1.82) is 0 Å². The topological polar surface area (TPSA) is 46.5 Å². The summed E-state index contributed by atoms with van der Waals surface area (Å²) in [6, 6.07) is 6.23. The molecule has 1 N–H and O–H groups in total. The summed E-state index contributed by atoms with van der Waals surface area (Å²) in [4.78, 5) is 10.5. The van der Waals surface area contributed by atoms with Crippen LogP contribution in [0.3, 0.4) is 0 Å². The van der Waals surface area contributed by atoms with Crippen LogP contribution in [0.15, 0.2) is 24.3 Å². The van der Waals surface area contributed by atoms with E-state index in [9.17, 15) is 9.18 Å². The Morgan fingerprint density at radius 3 is 2.88 bits per heavy atom. The molecule has 86 valence electrons. The van der Waals surface area contributed by atoms with E-state index in [0.29, 0.717) is 19.4 Å². The third-order valence-corrected chi connectivity index (χ3v) is 2.82. The maximum Gasteiger partial charge on any atom is 0.306 e. The highest BCUT2D eigenvalue weighted by Crippen LogP contribution is 2.30. The third-order valence-electron chi connectivity index (χ3n) is 2.82. The lowest BCUT2D eigenvalue weighted by molar-refractivity contribution is -0.151. The molecular weight excluding hydrogens is 211 g/mol. The van der Waals surface area contributed by atoms with Crippen LogP contribution < -0.4 is 0 Å². The minimum Gasteiger partial charge on any atom is -0.481 e. The fraction of sp³-hybridized carbons (Fsp3) is 0.417. The standard InChI is InChI=1S/C12H13FO3/c13-10-3-1-2-8(4-10)7-16-11-5-9(6-11)12(14)15/h1-4,9,11H,5-7H2,(H,14,15). The zero-order chi connectivity index (χ0) is 11.5. The Bertz CT molecular complexity index is 386. The Labute approximate surface area is 92.9 Å². The SMILES string of the molecule is O=C(O)C1CC(OCc2cccc(F)c2)C1. The van der Waals surface area contributed by atoms with Crippen LogP contribution in [0.5, 0.6) is 0 Å². The summed E-state index contributed by atoms with van der Waals surface area (Å²) in [7, 11) is 0. The average molecular weight is 224 g/mol. The van der Waals surface area contributed by atoms with Gasteiger partial charge in [0.2, 0.25) is 0 Å². The first-order chi connectivity index (χ1) is 7.65. The van der Waals surface area contributed by atoms with Crippen molar-refractivity contribution in [2.45, 2.75) is 25.6 Å². The van der Waals surface area contributed by atoms with Crippen molar-refractivity contribution in [2.75, 3.05) is 0 Å². The van der Waals surface area contributed by atoms with Crippen LogP contribution >= 0.6 is 0 Å². The van der Waals surface area contributed by atoms with E-state index >= 15 is 0 Å². The molecule has 0 amide bonds. The summed E-state index contributed by atoms with van der Waals surface area (Å²) in [5.74, 6) is -1.30. The number of ether oxygens (including phenoxy) is 1. The predicted molar refractivity (Wildman–Crippen MR) is 55.3 cm³/mol. The molecule has 1 aliphatic rings. The Hall–Kier alpha value is -1.42. The Morgan fingerprint density at radius 2 is 2.25 bits per heavy atom. The van der Waals surface area contributed by atoms with Gasteiger partial charge in [-0.1, -0.05) is 12.1 Å². The predicted octanol–water partition coefficient (Wildman–Crippen LogP) is 2.21. The van der Waals surface area contributed by atoms with Crippen LogP contribution in [0, 0.1) is 11.7 Å². The zero-order valence-electron chi connectivity index (χ0n) is 8.73. The molecule has 0 radical (unpaired) electrons. The van der Waals surface area contributed by atoms with Crippen LogP contribution in [0.4, 0.5) is 4.39 Å². The molecule has 0 heterocycles. The second-order valence-electron chi connectivity index (χ2n) is 4.07. The second kappa shape index (κ2) is 4.61. The number of benzene rings is 1. The van der Waals surface area contributed by atoms with Crippen LogP contribution in [0.2, 0.25) is 0 Å². The Balaban J connectivity index is 1.75. The van der Waals surface area contributed by atoms with E-state index in [2.05, 4.69) is 0 Å². The molecule has 0 bridgehead atoms. The van der Waals surface area contributed by atoms with Crippen molar-refractivity contribution in [3.05, 3.63) is 35.6 Å². The van der Waals surface area contributed by atoms with Gasteiger partial charge >= 0.3 is 5.97 Å². The van der Waals surface area contributed by atoms with Crippen molar-refractivity contribution in [2.24, 2.45) is 5.92 Å². The quantitative estimate of drug-likeness (QED) is 0.852. The van der Waals surface area contributed by atoms with E-state index in [-0.39, 0.29) is 17.8 Å². The molecule has 0 atom stereocenters. The zero-order valence-corrected chi connectivity index (χ0v) is 8.73. The first-order valence-corrected chi connectivity index (χ1v) is 5.24. The number of halogens is 1. The molecule has 0 unspecified atom stereocenters. The lowest BCUT2D eigenvalue weighted by Gasteiger charge is -2.32. The molecule has 4 heteroatoms. The van der Waals surface area contributed by atoms with Gasteiger partial charge in [-0.15, -0.1) is 0 Å². The van der Waals surface area contributed by atoms with Gasteiger partial charge in [-0.05, 0) is 30.5 Å². The van der Waals surface area contributed by atoms with Crippen LogP contribution in [0.25, 0.3) is 0 Å². The van der Waals surface area contributed by atoms with Gasteiger partial charge in [-0.25, -0.2) is 4.39 Å². The number of carbonyl (C=O) groups is 1. The Morgan fingerprint density at radius 1 is 1.50 bits per heavy atom. The van der Waals surface area contributed by atoms with E-state index in [0.717, 1.165) is 5.56 Å². The van der Waals surface area contributed by atoms with Gasteiger partial charge < -0.3 is 9.84 Å². The number of hydrogen-bond acceptors (Lipinski definition) is 2.